The minimum Gasteiger partial charge on any atom is -0.481 e. The van der Waals surface area contributed by atoms with Gasteiger partial charge in [-0.25, -0.2) is 0 Å². The van der Waals surface area contributed by atoms with Gasteiger partial charge in [0, 0.05) is 0 Å². The lowest BCUT2D eigenvalue weighted by molar-refractivity contribution is -0.138. The zero-order chi connectivity index (χ0) is 12.0. The number of carboxylic acids is 1. The molecule has 0 aliphatic heterocycles. The SMILES string of the molecule is C[C@H](C(=O)O)c1ccc(CCCCI)cc1. The maximum atomic E-state index is 10.8. The van der Waals surface area contributed by atoms with E-state index >= 15 is 0 Å². The van der Waals surface area contributed by atoms with Crippen LogP contribution in [0.3, 0.4) is 0 Å². The largest absolute Gasteiger partial charge is 0.481 e. The zero-order valence-electron chi connectivity index (χ0n) is 9.45. The Labute approximate surface area is 110 Å². The average molecular weight is 332 g/mol. The molecular weight excluding hydrogens is 315 g/mol. The van der Waals surface area contributed by atoms with Crippen LogP contribution in [0, 0.1) is 0 Å². The number of aryl methyl sites for hydroxylation is 1. The van der Waals surface area contributed by atoms with Gasteiger partial charge in [-0.3, -0.25) is 4.79 Å². The molecule has 0 saturated heterocycles. The second-order valence-corrected chi connectivity index (χ2v) is 5.03. The highest BCUT2D eigenvalue weighted by molar-refractivity contribution is 14.1. The molecule has 1 N–H and O–H groups in total. The summed E-state index contributed by atoms with van der Waals surface area (Å²) in [5.41, 5.74) is 2.18. The minimum absolute atomic E-state index is 0.414. The number of unbranched alkanes of at least 4 members (excludes halogenated alkanes) is 1. The van der Waals surface area contributed by atoms with Crippen molar-refractivity contribution in [2.24, 2.45) is 0 Å². The van der Waals surface area contributed by atoms with Crippen molar-refractivity contribution in [1.82, 2.24) is 0 Å². The lowest BCUT2D eigenvalue weighted by atomic mass is 9.99. The molecule has 0 heterocycles. The summed E-state index contributed by atoms with van der Waals surface area (Å²) in [4.78, 5) is 10.8. The Hall–Kier alpha value is -0.580. The molecule has 0 aromatic heterocycles. The number of rotatable bonds is 6. The molecule has 2 nitrogen and oxygen atoms in total. The van der Waals surface area contributed by atoms with Crippen LogP contribution in [0.15, 0.2) is 24.3 Å². The Balaban J connectivity index is 2.57. The van der Waals surface area contributed by atoms with Crippen LogP contribution in [0.4, 0.5) is 0 Å². The second-order valence-electron chi connectivity index (χ2n) is 3.95. The van der Waals surface area contributed by atoms with Gasteiger partial charge in [0.05, 0.1) is 5.92 Å². The van der Waals surface area contributed by atoms with Crippen LogP contribution in [0.5, 0.6) is 0 Å². The van der Waals surface area contributed by atoms with Gasteiger partial charge in [-0.15, -0.1) is 0 Å². The standard InChI is InChI=1S/C13H17IO2/c1-10(13(15)16)12-7-5-11(6-8-12)4-2-3-9-14/h5-8,10H,2-4,9H2,1H3,(H,15,16)/t10-/m0/s1. The van der Waals surface area contributed by atoms with Crippen LogP contribution < -0.4 is 0 Å². The van der Waals surface area contributed by atoms with Crippen LogP contribution >= 0.6 is 22.6 Å². The summed E-state index contributed by atoms with van der Waals surface area (Å²) in [7, 11) is 0. The molecular formula is C13H17IO2. The maximum absolute atomic E-state index is 10.8. The molecule has 0 unspecified atom stereocenters. The van der Waals surface area contributed by atoms with Crippen LogP contribution in [0.25, 0.3) is 0 Å². The normalized spacial score (nSPS) is 12.4. The predicted octanol–water partition coefficient (Wildman–Crippen LogP) is 3.63. The van der Waals surface area contributed by atoms with E-state index in [1.54, 1.807) is 6.92 Å². The minimum atomic E-state index is -0.766. The fraction of sp³-hybridized carbons (Fsp3) is 0.462. The molecule has 3 heteroatoms. The highest BCUT2D eigenvalue weighted by Crippen LogP contribution is 2.17. The van der Waals surface area contributed by atoms with E-state index in [9.17, 15) is 4.79 Å². The summed E-state index contributed by atoms with van der Waals surface area (Å²) in [5.74, 6) is -1.18. The third-order valence-corrected chi connectivity index (χ3v) is 3.46. The molecule has 0 spiro atoms. The Kier molecular flexibility index (Phi) is 5.80. The van der Waals surface area contributed by atoms with Crippen molar-refractivity contribution in [2.45, 2.75) is 32.1 Å². The van der Waals surface area contributed by atoms with Crippen LogP contribution in [-0.2, 0) is 11.2 Å². The Bertz CT molecular complexity index is 332. The second kappa shape index (κ2) is 6.89. The number of hydrogen-bond donors (Lipinski definition) is 1. The molecule has 0 bridgehead atoms. The van der Waals surface area contributed by atoms with E-state index in [2.05, 4.69) is 22.6 Å². The van der Waals surface area contributed by atoms with Gasteiger partial charge in [-0.1, -0.05) is 46.9 Å². The van der Waals surface area contributed by atoms with Gasteiger partial charge in [0.15, 0.2) is 0 Å². The molecule has 0 fully saturated rings. The Morgan fingerprint density at radius 1 is 1.31 bits per heavy atom. The molecule has 1 aromatic rings. The highest BCUT2D eigenvalue weighted by Gasteiger charge is 2.12. The number of alkyl halides is 1. The van der Waals surface area contributed by atoms with Gasteiger partial charge in [-0.05, 0) is 41.7 Å². The molecule has 0 saturated carbocycles. The Morgan fingerprint density at radius 3 is 2.44 bits per heavy atom. The van der Waals surface area contributed by atoms with Gasteiger partial charge in [0.25, 0.3) is 0 Å². The number of halogens is 1. The maximum Gasteiger partial charge on any atom is 0.310 e. The summed E-state index contributed by atoms with van der Waals surface area (Å²) in [6.07, 6.45) is 3.54. The summed E-state index contributed by atoms with van der Waals surface area (Å²) in [6.45, 7) is 1.72. The summed E-state index contributed by atoms with van der Waals surface area (Å²) in [5, 5.41) is 8.88. The third-order valence-electron chi connectivity index (χ3n) is 2.70. The van der Waals surface area contributed by atoms with Crippen molar-refractivity contribution >= 4 is 28.6 Å². The summed E-state index contributed by atoms with van der Waals surface area (Å²) >= 11 is 2.39. The first-order valence-corrected chi connectivity index (χ1v) is 7.05. The molecule has 0 radical (unpaired) electrons. The Morgan fingerprint density at radius 2 is 1.94 bits per heavy atom. The summed E-state index contributed by atoms with van der Waals surface area (Å²) in [6, 6.07) is 7.94. The topological polar surface area (TPSA) is 37.3 Å². The highest BCUT2D eigenvalue weighted by atomic mass is 127. The fourth-order valence-corrected chi connectivity index (χ4v) is 2.08. The zero-order valence-corrected chi connectivity index (χ0v) is 11.6. The van der Waals surface area contributed by atoms with Crippen molar-refractivity contribution in [3.63, 3.8) is 0 Å². The predicted molar refractivity (Wildman–Crippen MR) is 74.3 cm³/mol. The van der Waals surface area contributed by atoms with Crippen molar-refractivity contribution in [1.29, 1.82) is 0 Å². The molecule has 16 heavy (non-hydrogen) atoms. The quantitative estimate of drug-likeness (QED) is 0.491. The van der Waals surface area contributed by atoms with E-state index in [0.717, 1.165) is 12.0 Å². The lowest BCUT2D eigenvalue weighted by Crippen LogP contribution is -2.07. The molecule has 0 amide bonds. The first kappa shape index (κ1) is 13.5. The molecule has 1 rings (SSSR count). The molecule has 1 aromatic carbocycles. The van der Waals surface area contributed by atoms with Crippen LogP contribution in [-0.4, -0.2) is 15.5 Å². The smallest absolute Gasteiger partial charge is 0.310 e. The van der Waals surface area contributed by atoms with Crippen molar-refractivity contribution < 1.29 is 9.90 Å². The number of hydrogen-bond acceptors (Lipinski definition) is 1. The van der Waals surface area contributed by atoms with Gasteiger partial charge < -0.3 is 5.11 Å². The molecule has 0 aliphatic rings. The summed E-state index contributed by atoms with van der Waals surface area (Å²) < 4.78 is 1.20. The van der Waals surface area contributed by atoms with Crippen molar-refractivity contribution in [3.05, 3.63) is 35.4 Å². The van der Waals surface area contributed by atoms with Crippen molar-refractivity contribution in [3.8, 4) is 0 Å². The van der Waals surface area contributed by atoms with E-state index in [1.165, 1.54) is 22.8 Å². The van der Waals surface area contributed by atoms with Gasteiger partial charge in [0.2, 0.25) is 0 Å². The van der Waals surface area contributed by atoms with Gasteiger partial charge >= 0.3 is 5.97 Å². The molecule has 0 aliphatic carbocycles. The monoisotopic (exact) mass is 332 g/mol. The third kappa shape index (κ3) is 4.12. The van der Waals surface area contributed by atoms with Crippen LogP contribution in [0.2, 0.25) is 0 Å². The van der Waals surface area contributed by atoms with E-state index < -0.39 is 11.9 Å². The van der Waals surface area contributed by atoms with E-state index in [-0.39, 0.29) is 0 Å². The number of aliphatic carboxylic acids is 1. The first-order chi connectivity index (χ1) is 7.65. The molecule has 88 valence electrons. The number of carbonyl (C=O) groups is 1. The fourth-order valence-electron chi connectivity index (χ4n) is 1.54. The van der Waals surface area contributed by atoms with E-state index in [4.69, 9.17) is 5.11 Å². The van der Waals surface area contributed by atoms with Gasteiger partial charge in [0.1, 0.15) is 0 Å². The number of carboxylic acid groups (broad SMARTS) is 1. The lowest BCUT2D eigenvalue weighted by Gasteiger charge is -2.07. The van der Waals surface area contributed by atoms with E-state index in [0.29, 0.717) is 0 Å². The van der Waals surface area contributed by atoms with Crippen LogP contribution in [0.1, 0.15) is 36.8 Å². The average Bonchev–Trinajstić information content (AvgIpc) is 2.29. The molecule has 1 atom stereocenters. The van der Waals surface area contributed by atoms with Gasteiger partial charge in [-0.2, -0.15) is 0 Å². The number of benzene rings is 1. The first-order valence-electron chi connectivity index (χ1n) is 5.52. The van der Waals surface area contributed by atoms with E-state index in [1.807, 2.05) is 24.3 Å². The van der Waals surface area contributed by atoms with Crippen molar-refractivity contribution in [2.75, 3.05) is 4.43 Å².